The molecule has 2 aromatic rings. The van der Waals surface area contributed by atoms with E-state index in [1.54, 1.807) is 0 Å². The molecule has 2 aliphatic rings. The van der Waals surface area contributed by atoms with Crippen LogP contribution in [0.1, 0.15) is 21.5 Å². The maximum absolute atomic E-state index is 12.9. The van der Waals surface area contributed by atoms with E-state index in [1.807, 2.05) is 36.4 Å². The zero-order chi connectivity index (χ0) is 15.6. The lowest BCUT2D eigenvalue weighted by Crippen LogP contribution is -2.36. The topological polar surface area (TPSA) is 29.5 Å². The monoisotopic (exact) mass is 305 g/mol. The van der Waals surface area contributed by atoms with Crippen LogP contribution in [-0.2, 0) is 11.2 Å². The van der Waals surface area contributed by atoms with E-state index in [4.69, 9.17) is 4.74 Å². The van der Waals surface area contributed by atoms with Crippen molar-refractivity contribution in [1.82, 2.24) is 4.90 Å². The molecule has 1 aliphatic heterocycles. The highest BCUT2D eigenvalue weighted by Crippen LogP contribution is 2.34. The van der Waals surface area contributed by atoms with E-state index in [0.717, 1.165) is 47.5 Å². The molecule has 2 aromatic carbocycles. The van der Waals surface area contributed by atoms with Gasteiger partial charge in [0.2, 0.25) is 0 Å². The number of carbonyl (C=O) groups excluding carboxylic acids is 1. The lowest BCUT2D eigenvalue weighted by Gasteiger charge is -2.32. The maximum atomic E-state index is 12.9. The first-order chi connectivity index (χ1) is 11.3. The second-order valence-electron chi connectivity index (χ2n) is 5.96. The van der Waals surface area contributed by atoms with Gasteiger partial charge in [0, 0.05) is 30.6 Å². The highest BCUT2D eigenvalue weighted by atomic mass is 16.5. The average molecular weight is 305 g/mol. The van der Waals surface area contributed by atoms with Crippen LogP contribution in [-0.4, -0.2) is 37.0 Å². The number of carbonyl (C=O) groups is 1. The largest absolute Gasteiger partial charge is 0.378 e. The van der Waals surface area contributed by atoms with Gasteiger partial charge in [-0.15, -0.1) is 0 Å². The Balaban J connectivity index is 1.84. The van der Waals surface area contributed by atoms with Gasteiger partial charge in [-0.3, -0.25) is 4.79 Å². The number of ketones is 1. The van der Waals surface area contributed by atoms with E-state index in [9.17, 15) is 4.79 Å². The first-order valence-electron chi connectivity index (χ1n) is 8.08. The van der Waals surface area contributed by atoms with Crippen molar-refractivity contribution in [3.8, 4) is 0 Å². The van der Waals surface area contributed by atoms with Crippen molar-refractivity contribution in [2.45, 2.75) is 6.42 Å². The van der Waals surface area contributed by atoms with Gasteiger partial charge >= 0.3 is 0 Å². The summed E-state index contributed by atoms with van der Waals surface area (Å²) < 4.78 is 5.49. The number of rotatable bonds is 2. The van der Waals surface area contributed by atoms with Crippen LogP contribution in [0.4, 0.5) is 0 Å². The molecular formula is C20H19NO2. The molecule has 0 N–H and O–H groups in total. The molecule has 3 heteroatoms. The van der Waals surface area contributed by atoms with E-state index >= 15 is 0 Å². The van der Waals surface area contributed by atoms with Crippen LogP contribution >= 0.6 is 0 Å². The molecule has 4 rings (SSSR count). The van der Waals surface area contributed by atoms with Crippen molar-refractivity contribution in [1.29, 1.82) is 0 Å². The number of fused-ring (bicyclic) bond motifs is 1. The summed E-state index contributed by atoms with van der Waals surface area (Å²) in [6, 6.07) is 18.2. The Labute approximate surface area is 136 Å². The fraction of sp³-hybridized carbons (Fsp3) is 0.250. The van der Waals surface area contributed by atoms with Crippen molar-refractivity contribution in [3.63, 3.8) is 0 Å². The number of Topliss-reactive ketones (excluding diaryl/α,β-unsaturated/α-hetero) is 1. The summed E-state index contributed by atoms with van der Waals surface area (Å²) in [6.45, 7) is 3.09. The van der Waals surface area contributed by atoms with Gasteiger partial charge in [-0.2, -0.15) is 0 Å². The van der Waals surface area contributed by atoms with Crippen LogP contribution in [0, 0.1) is 0 Å². The third kappa shape index (κ3) is 2.57. The smallest absolute Gasteiger partial charge is 0.191 e. The molecule has 0 aromatic heterocycles. The maximum Gasteiger partial charge on any atom is 0.191 e. The number of allylic oxidation sites excluding steroid dienone is 1. The fourth-order valence-corrected chi connectivity index (χ4v) is 3.45. The Bertz CT molecular complexity index is 758. The summed E-state index contributed by atoms with van der Waals surface area (Å²) in [6.07, 6.45) is 0.719. The van der Waals surface area contributed by atoms with Gasteiger partial charge in [0.05, 0.1) is 18.9 Å². The number of morpholine rings is 1. The minimum atomic E-state index is 0.172. The van der Waals surface area contributed by atoms with Crippen molar-refractivity contribution >= 4 is 11.5 Å². The van der Waals surface area contributed by atoms with Gasteiger partial charge in [0.15, 0.2) is 5.78 Å². The van der Waals surface area contributed by atoms with Crippen molar-refractivity contribution in [2.75, 3.05) is 26.3 Å². The molecule has 0 radical (unpaired) electrons. The number of hydrogen-bond acceptors (Lipinski definition) is 3. The molecule has 23 heavy (non-hydrogen) atoms. The molecule has 1 saturated heterocycles. The second-order valence-corrected chi connectivity index (χ2v) is 5.96. The number of ether oxygens (including phenoxy) is 1. The molecule has 0 atom stereocenters. The van der Waals surface area contributed by atoms with Crippen LogP contribution in [0.2, 0.25) is 0 Å². The third-order valence-corrected chi connectivity index (χ3v) is 4.56. The lowest BCUT2D eigenvalue weighted by molar-refractivity contribution is 0.0634. The van der Waals surface area contributed by atoms with E-state index in [2.05, 4.69) is 23.1 Å². The molecule has 1 fully saturated rings. The fourth-order valence-electron chi connectivity index (χ4n) is 3.45. The van der Waals surface area contributed by atoms with Gasteiger partial charge in [-0.25, -0.2) is 0 Å². The Morgan fingerprint density at radius 1 is 0.913 bits per heavy atom. The molecule has 0 saturated carbocycles. The molecule has 1 aliphatic carbocycles. The Morgan fingerprint density at radius 3 is 2.35 bits per heavy atom. The predicted octanol–water partition coefficient (Wildman–Crippen LogP) is 3.17. The number of benzene rings is 2. The zero-order valence-electron chi connectivity index (χ0n) is 13.0. The molecule has 0 amide bonds. The lowest BCUT2D eigenvalue weighted by atomic mass is 10.0. The average Bonchev–Trinajstić information content (AvgIpc) is 2.94. The van der Waals surface area contributed by atoms with E-state index in [1.165, 1.54) is 0 Å². The van der Waals surface area contributed by atoms with Crippen molar-refractivity contribution in [2.24, 2.45) is 0 Å². The summed E-state index contributed by atoms with van der Waals surface area (Å²) >= 11 is 0. The van der Waals surface area contributed by atoms with Gasteiger partial charge in [-0.05, 0) is 11.1 Å². The van der Waals surface area contributed by atoms with Crippen molar-refractivity contribution < 1.29 is 9.53 Å². The van der Waals surface area contributed by atoms with Crippen molar-refractivity contribution in [3.05, 3.63) is 76.9 Å². The van der Waals surface area contributed by atoms with Crippen LogP contribution in [0.15, 0.2) is 60.2 Å². The van der Waals surface area contributed by atoms with Gasteiger partial charge < -0.3 is 9.64 Å². The predicted molar refractivity (Wildman–Crippen MR) is 90.2 cm³/mol. The van der Waals surface area contributed by atoms with Gasteiger partial charge in [0.1, 0.15) is 0 Å². The van der Waals surface area contributed by atoms with E-state index in [-0.39, 0.29) is 5.78 Å². The van der Waals surface area contributed by atoms with Crippen LogP contribution in [0.25, 0.3) is 5.70 Å². The number of hydrogen-bond donors (Lipinski definition) is 0. The van der Waals surface area contributed by atoms with Gasteiger partial charge in [0.25, 0.3) is 0 Å². The molecule has 3 nitrogen and oxygen atoms in total. The van der Waals surface area contributed by atoms with Crippen LogP contribution < -0.4 is 0 Å². The highest BCUT2D eigenvalue weighted by Gasteiger charge is 2.30. The first-order valence-corrected chi connectivity index (χ1v) is 8.08. The molecule has 116 valence electrons. The molecule has 0 spiro atoms. The minimum Gasteiger partial charge on any atom is -0.378 e. The van der Waals surface area contributed by atoms with Crippen LogP contribution in [0.3, 0.4) is 0 Å². The summed E-state index contributed by atoms with van der Waals surface area (Å²) in [5.41, 5.74) is 5.10. The first kappa shape index (κ1) is 14.2. The number of nitrogens with zero attached hydrogens (tertiary/aromatic N) is 1. The second kappa shape index (κ2) is 6.01. The normalized spacial score (nSPS) is 19.7. The van der Waals surface area contributed by atoms with Gasteiger partial charge in [-0.1, -0.05) is 54.6 Å². The standard InChI is InChI=1S/C20H19NO2/c22-20-17-9-5-4-8-16(17)14-18(20)19(15-6-2-1-3-7-15)21-10-12-23-13-11-21/h1-9H,10-14H2. The summed E-state index contributed by atoms with van der Waals surface area (Å²) in [5.74, 6) is 0.172. The summed E-state index contributed by atoms with van der Waals surface area (Å²) in [7, 11) is 0. The summed E-state index contributed by atoms with van der Waals surface area (Å²) in [5, 5.41) is 0. The van der Waals surface area contributed by atoms with E-state index in [0.29, 0.717) is 13.2 Å². The minimum absolute atomic E-state index is 0.172. The Hall–Kier alpha value is -2.39. The molecule has 0 bridgehead atoms. The molecule has 0 unspecified atom stereocenters. The summed E-state index contributed by atoms with van der Waals surface area (Å²) in [4.78, 5) is 15.2. The quantitative estimate of drug-likeness (QED) is 0.798. The van der Waals surface area contributed by atoms with E-state index < -0.39 is 0 Å². The molecular weight excluding hydrogens is 286 g/mol. The Kier molecular flexibility index (Phi) is 3.72. The zero-order valence-corrected chi connectivity index (χ0v) is 13.0. The molecule has 1 heterocycles. The SMILES string of the molecule is O=C1C(=C(c2ccccc2)N2CCOCC2)Cc2ccccc21. The Morgan fingerprint density at radius 2 is 1.61 bits per heavy atom. The third-order valence-electron chi connectivity index (χ3n) is 4.56. The van der Waals surface area contributed by atoms with Crippen LogP contribution in [0.5, 0.6) is 0 Å². The highest BCUT2D eigenvalue weighted by molar-refractivity contribution is 6.17.